The van der Waals surface area contributed by atoms with Crippen molar-refractivity contribution in [3.05, 3.63) is 47.9 Å². The highest BCUT2D eigenvalue weighted by Crippen LogP contribution is 2.10. The van der Waals surface area contributed by atoms with E-state index in [1.54, 1.807) is 36.5 Å². The van der Waals surface area contributed by atoms with E-state index in [0.29, 0.717) is 17.2 Å². The van der Waals surface area contributed by atoms with Gasteiger partial charge in [-0.1, -0.05) is 6.07 Å². The van der Waals surface area contributed by atoms with E-state index in [1.165, 1.54) is 0 Å². The van der Waals surface area contributed by atoms with E-state index in [0.717, 1.165) is 5.69 Å². The van der Waals surface area contributed by atoms with Crippen LogP contribution in [0.5, 0.6) is 0 Å². The predicted octanol–water partition coefficient (Wildman–Crippen LogP) is 1.32. The highest BCUT2D eigenvalue weighted by molar-refractivity contribution is 6.03. The average Bonchev–Trinajstić information content (AvgIpc) is 2.39. The number of aromatic nitrogens is 2. The van der Waals surface area contributed by atoms with Crippen LogP contribution in [-0.4, -0.2) is 15.9 Å². The van der Waals surface area contributed by atoms with Crippen molar-refractivity contribution in [3.63, 3.8) is 0 Å². The van der Waals surface area contributed by atoms with Crippen LogP contribution in [0.4, 0.5) is 11.5 Å². The molecule has 2 aromatic heterocycles. The summed E-state index contributed by atoms with van der Waals surface area (Å²) in [5.41, 5.74) is 4.20. The van der Waals surface area contributed by atoms with Crippen LogP contribution in [0.1, 0.15) is 16.2 Å². The van der Waals surface area contributed by atoms with Gasteiger partial charge in [-0.05, 0) is 31.2 Å². The van der Waals surface area contributed by atoms with E-state index in [1.807, 2.05) is 6.92 Å². The first-order valence-electron chi connectivity index (χ1n) is 5.37. The number of hydrogen-bond acceptors (Lipinski definition) is 5. The van der Waals surface area contributed by atoms with Crippen LogP contribution in [0.2, 0.25) is 0 Å². The normalized spacial score (nSPS) is 9.89. The molecule has 0 radical (unpaired) electrons. The first-order valence-corrected chi connectivity index (χ1v) is 5.37. The molecule has 18 heavy (non-hydrogen) atoms. The number of anilines is 2. The maximum atomic E-state index is 11.9. The minimum Gasteiger partial charge on any atom is -0.321 e. The first kappa shape index (κ1) is 12.0. The van der Waals surface area contributed by atoms with Crippen molar-refractivity contribution in [3.8, 4) is 0 Å². The summed E-state index contributed by atoms with van der Waals surface area (Å²) in [6, 6.07) is 8.49. The number of nitrogens with zero attached hydrogens (tertiary/aromatic N) is 2. The van der Waals surface area contributed by atoms with Gasteiger partial charge in [-0.3, -0.25) is 9.78 Å². The van der Waals surface area contributed by atoms with E-state index >= 15 is 0 Å². The van der Waals surface area contributed by atoms with Crippen molar-refractivity contribution in [2.24, 2.45) is 5.84 Å². The zero-order valence-electron chi connectivity index (χ0n) is 9.84. The predicted molar refractivity (Wildman–Crippen MR) is 69.0 cm³/mol. The van der Waals surface area contributed by atoms with E-state index in [4.69, 9.17) is 5.84 Å². The van der Waals surface area contributed by atoms with Gasteiger partial charge in [0.05, 0.1) is 0 Å². The van der Waals surface area contributed by atoms with Crippen molar-refractivity contribution < 1.29 is 4.79 Å². The Hall–Kier alpha value is -2.47. The Balaban J connectivity index is 2.16. The molecule has 0 fully saturated rings. The highest BCUT2D eigenvalue weighted by atomic mass is 16.1. The summed E-state index contributed by atoms with van der Waals surface area (Å²) in [7, 11) is 0. The molecule has 0 saturated carbocycles. The lowest BCUT2D eigenvalue weighted by Crippen LogP contribution is -2.16. The summed E-state index contributed by atoms with van der Waals surface area (Å²) in [6.07, 6.45) is 1.64. The van der Waals surface area contributed by atoms with Crippen LogP contribution in [0, 0.1) is 6.92 Å². The number of rotatable bonds is 3. The minimum absolute atomic E-state index is 0.292. The third-order valence-electron chi connectivity index (χ3n) is 2.28. The number of nitrogens with two attached hydrogens (primary N) is 1. The molecule has 0 bridgehead atoms. The molecule has 0 spiro atoms. The zero-order valence-corrected chi connectivity index (χ0v) is 9.84. The van der Waals surface area contributed by atoms with Crippen molar-refractivity contribution in [1.29, 1.82) is 0 Å². The molecule has 2 aromatic rings. The Morgan fingerprint density at radius 2 is 2.17 bits per heavy atom. The topological polar surface area (TPSA) is 92.9 Å². The van der Waals surface area contributed by atoms with E-state index in [2.05, 4.69) is 20.7 Å². The standard InChI is InChI=1S/C12H13N5O/c1-8-7-9(5-6-14-8)15-12(18)10-3-2-4-11(16-10)17-13/h2-7H,13H2,1H3,(H,16,17)(H,14,15,18). The number of aryl methyl sites for hydroxylation is 1. The second-order valence-corrected chi connectivity index (χ2v) is 3.69. The maximum absolute atomic E-state index is 11.9. The second kappa shape index (κ2) is 5.24. The van der Waals surface area contributed by atoms with Gasteiger partial charge < -0.3 is 10.7 Å². The molecular weight excluding hydrogens is 230 g/mol. The molecule has 4 N–H and O–H groups in total. The Morgan fingerprint density at radius 1 is 1.33 bits per heavy atom. The third kappa shape index (κ3) is 2.80. The van der Waals surface area contributed by atoms with Gasteiger partial charge in [-0.2, -0.15) is 0 Å². The largest absolute Gasteiger partial charge is 0.321 e. The molecule has 92 valence electrons. The van der Waals surface area contributed by atoms with Gasteiger partial charge in [0, 0.05) is 17.6 Å². The van der Waals surface area contributed by atoms with Gasteiger partial charge in [-0.25, -0.2) is 10.8 Å². The molecule has 6 nitrogen and oxygen atoms in total. The summed E-state index contributed by atoms with van der Waals surface area (Å²) < 4.78 is 0. The monoisotopic (exact) mass is 243 g/mol. The fraction of sp³-hybridized carbons (Fsp3) is 0.0833. The van der Waals surface area contributed by atoms with Gasteiger partial charge in [-0.15, -0.1) is 0 Å². The van der Waals surface area contributed by atoms with Gasteiger partial charge >= 0.3 is 0 Å². The summed E-state index contributed by atoms with van der Waals surface area (Å²) in [5, 5.41) is 2.74. The minimum atomic E-state index is -0.294. The smallest absolute Gasteiger partial charge is 0.274 e. The van der Waals surface area contributed by atoms with E-state index < -0.39 is 0 Å². The zero-order chi connectivity index (χ0) is 13.0. The molecular formula is C12H13N5O. The third-order valence-corrected chi connectivity index (χ3v) is 2.28. The summed E-state index contributed by atoms with van der Waals surface area (Å²) in [4.78, 5) is 20.0. The number of hydrogen-bond donors (Lipinski definition) is 3. The fourth-order valence-corrected chi connectivity index (χ4v) is 1.46. The van der Waals surface area contributed by atoms with Crippen molar-refractivity contribution >= 4 is 17.4 Å². The Labute approximate surface area is 104 Å². The molecule has 0 aliphatic rings. The SMILES string of the molecule is Cc1cc(NC(=O)c2cccc(NN)n2)ccn1. The fourth-order valence-electron chi connectivity index (χ4n) is 1.46. The maximum Gasteiger partial charge on any atom is 0.274 e. The molecule has 1 amide bonds. The molecule has 2 heterocycles. The van der Waals surface area contributed by atoms with Crippen molar-refractivity contribution in [2.75, 3.05) is 10.7 Å². The van der Waals surface area contributed by atoms with Gasteiger partial charge in [0.1, 0.15) is 11.5 Å². The Morgan fingerprint density at radius 3 is 2.89 bits per heavy atom. The Bertz CT molecular complexity index is 570. The number of carbonyl (C=O) groups excluding carboxylic acids is 1. The van der Waals surface area contributed by atoms with Crippen molar-refractivity contribution in [2.45, 2.75) is 6.92 Å². The molecule has 2 rings (SSSR count). The lowest BCUT2D eigenvalue weighted by Gasteiger charge is -2.06. The van der Waals surface area contributed by atoms with Crippen LogP contribution < -0.4 is 16.6 Å². The summed E-state index contributed by atoms with van der Waals surface area (Å²) in [6.45, 7) is 1.85. The van der Waals surface area contributed by atoms with Gasteiger partial charge in [0.15, 0.2) is 0 Å². The molecule has 0 aromatic carbocycles. The molecule has 0 aliphatic heterocycles. The second-order valence-electron chi connectivity index (χ2n) is 3.69. The first-order chi connectivity index (χ1) is 8.69. The Kier molecular flexibility index (Phi) is 3.49. The van der Waals surface area contributed by atoms with Crippen LogP contribution in [0.15, 0.2) is 36.5 Å². The number of amides is 1. The number of nitrogen functional groups attached to an aromatic ring is 1. The lowest BCUT2D eigenvalue weighted by molar-refractivity contribution is 0.102. The average molecular weight is 243 g/mol. The highest BCUT2D eigenvalue weighted by Gasteiger charge is 2.08. The molecule has 0 saturated heterocycles. The van der Waals surface area contributed by atoms with Crippen LogP contribution in [0.25, 0.3) is 0 Å². The van der Waals surface area contributed by atoms with Crippen molar-refractivity contribution in [1.82, 2.24) is 9.97 Å². The molecule has 0 atom stereocenters. The van der Waals surface area contributed by atoms with Crippen LogP contribution in [0.3, 0.4) is 0 Å². The quantitative estimate of drug-likeness (QED) is 0.558. The lowest BCUT2D eigenvalue weighted by atomic mass is 10.3. The number of nitrogens with one attached hydrogen (secondary N) is 2. The van der Waals surface area contributed by atoms with Gasteiger partial charge in [0.25, 0.3) is 5.91 Å². The van der Waals surface area contributed by atoms with Gasteiger partial charge in [0.2, 0.25) is 0 Å². The molecule has 0 unspecified atom stereocenters. The number of carbonyl (C=O) groups is 1. The van der Waals surface area contributed by atoms with Crippen LogP contribution in [-0.2, 0) is 0 Å². The summed E-state index contributed by atoms with van der Waals surface area (Å²) >= 11 is 0. The van der Waals surface area contributed by atoms with E-state index in [9.17, 15) is 4.79 Å². The molecule has 0 aliphatic carbocycles. The molecule has 6 heteroatoms. The van der Waals surface area contributed by atoms with Crippen LogP contribution >= 0.6 is 0 Å². The number of hydrazine groups is 1. The number of pyridine rings is 2. The summed E-state index contributed by atoms with van der Waals surface area (Å²) in [5.74, 6) is 5.38. The van der Waals surface area contributed by atoms with E-state index in [-0.39, 0.29) is 5.91 Å².